The maximum absolute atomic E-state index is 12.3. The van der Waals surface area contributed by atoms with E-state index in [-0.39, 0.29) is 30.3 Å². The maximum Gasteiger partial charge on any atom is 0.573 e. The summed E-state index contributed by atoms with van der Waals surface area (Å²) in [4.78, 5) is 12.1. The number of carbonyl (C=O) groups is 1. The molecule has 1 aromatic rings. The molecule has 23 heavy (non-hydrogen) atoms. The summed E-state index contributed by atoms with van der Waals surface area (Å²) in [6, 6.07) is 5.64. The van der Waals surface area contributed by atoms with E-state index in [1.54, 1.807) is 6.07 Å². The summed E-state index contributed by atoms with van der Waals surface area (Å²) in [5.41, 5.74) is 5.19. The lowest BCUT2D eigenvalue weighted by Crippen LogP contribution is -2.56. The second kappa shape index (κ2) is 7.85. The normalized spacial score (nSPS) is 17.0. The molecule has 9 heteroatoms. The summed E-state index contributed by atoms with van der Waals surface area (Å²) in [5.74, 6) is -0.744. The van der Waals surface area contributed by atoms with Crippen molar-refractivity contribution < 1.29 is 27.4 Å². The molecule has 0 saturated carbocycles. The first-order chi connectivity index (χ1) is 10.3. The van der Waals surface area contributed by atoms with E-state index < -0.39 is 17.8 Å². The van der Waals surface area contributed by atoms with Gasteiger partial charge in [-0.15, -0.1) is 25.6 Å². The number of rotatable bonds is 4. The Hall–Kier alpha value is -1.51. The maximum atomic E-state index is 12.3. The van der Waals surface area contributed by atoms with E-state index in [4.69, 9.17) is 10.5 Å². The predicted octanol–water partition coefficient (Wildman–Crippen LogP) is 2.13. The van der Waals surface area contributed by atoms with Crippen LogP contribution in [0.15, 0.2) is 24.3 Å². The predicted molar refractivity (Wildman–Crippen MR) is 79.2 cm³/mol. The molecule has 0 spiro atoms. The summed E-state index contributed by atoms with van der Waals surface area (Å²) in [7, 11) is 0. The molecule has 5 nitrogen and oxygen atoms in total. The van der Waals surface area contributed by atoms with Gasteiger partial charge in [0.25, 0.3) is 0 Å². The smallest absolute Gasteiger partial charge is 0.405 e. The Bertz CT molecular complexity index is 534. The second-order valence-corrected chi connectivity index (χ2v) is 5.11. The fourth-order valence-corrected chi connectivity index (χ4v) is 2.19. The van der Waals surface area contributed by atoms with Crippen molar-refractivity contribution in [2.45, 2.75) is 31.3 Å². The molecule has 0 atom stereocenters. The summed E-state index contributed by atoms with van der Waals surface area (Å²) in [6.07, 6.45) is -4.03. The van der Waals surface area contributed by atoms with Crippen molar-refractivity contribution in [2.24, 2.45) is 5.73 Å². The summed E-state index contributed by atoms with van der Waals surface area (Å²) in [6.45, 7) is 0.681. The number of hydrogen-bond donors (Lipinski definition) is 2. The molecule has 0 aliphatic carbocycles. The zero-order chi connectivity index (χ0) is 16.2. The third-order valence-electron chi connectivity index (χ3n) is 3.47. The van der Waals surface area contributed by atoms with Crippen molar-refractivity contribution in [1.82, 2.24) is 5.32 Å². The fourth-order valence-electron chi connectivity index (χ4n) is 2.19. The molecule has 1 saturated heterocycles. The molecular weight excluding hydrogens is 337 g/mol. The van der Waals surface area contributed by atoms with Crippen LogP contribution < -0.4 is 15.8 Å². The topological polar surface area (TPSA) is 73.6 Å². The quantitative estimate of drug-likeness (QED) is 0.868. The molecule has 1 fully saturated rings. The molecule has 0 bridgehead atoms. The molecule has 1 aromatic carbocycles. The summed E-state index contributed by atoms with van der Waals surface area (Å²) in [5, 5.41) is 2.57. The third-order valence-corrected chi connectivity index (χ3v) is 3.47. The highest BCUT2D eigenvalue weighted by molar-refractivity contribution is 5.86. The van der Waals surface area contributed by atoms with Gasteiger partial charge < -0.3 is 20.5 Å². The van der Waals surface area contributed by atoms with Gasteiger partial charge in [0.05, 0.1) is 5.54 Å². The number of nitrogens with two attached hydrogens (primary N) is 1. The molecule has 0 radical (unpaired) electrons. The van der Waals surface area contributed by atoms with Gasteiger partial charge in [-0.3, -0.25) is 4.79 Å². The molecule has 0 aromatic heterocycles. The number of amides is 1. The van der Waals surface area contributed by atoms with Crippen molar-refractivity contribution in [3.63, 3.8) is 0 Å². The number of benzene rings is 1. The van der Waals surface area contributed by atoms with Crippen LogP contribution >= 0.6 is 12.4 Å². The van der Waals surface area contributed by atoms with Crippen LogP contribution in [-0.2, 0) is 16.1 Å². The number of nitrogens with one attached hydrogen (secondary N) is 1. The molecule has 1 amide bonds. The molecule has 1 heterocycles. The molecule has 1 aliphatic heterocycles. The van der Waals surface area contributed by atoms with Gasteiger partial charge in [0.1, 0.15) is 5.75 Å². The van der Waals surface area contributed by atoms with E-state index in [1.807, 2.05) is 0 Å². The van der Waals surface area contributed by atoms with Gasteiger partial charge >= 0.3 is 6.36 Å². The van der Waals surface area contributed by atoms with Crippen LogP contribution in [0.3, 0.4) is 0 Å². The zero-order valence-corrected chi connectivity index (χ0v) is 13.0. The molecule has 2 rings (SSSR count). The van der Waals surface area contributed by atoms with Crippen molar-refractivity contribution >= 4 is 18.3 Å². The van der Waals surface area contributed by atoms with E-state index in [9.17, 15) is 18.0 Å². The van der Waals surface area contributed by atoms with Crippen molar-refractivity contribution in [3.8, 4) is 5.75 Å². The van der Waals surface area contributed by atoms with Crippen LogP contribution in [0, 0.1) is 0 Å². The lowest BCUT2D eigenvalue weighted by Gasteiger charge is -2.31. The minimum atomic E-state index is -4.78. The van der Waals surface area contributed by atoms with Crippen molar-refractivity contribution in [2.75, 3.05) is 13.2 Å². The molecule has 0 unspecified atom stereocenters. The van der Waals surface area contributed by atoms with Gasteiger partial charge in [0.2, 0.25) is 5.91 Å². The number of ether oxygens (including phenoxy) is 2. The van der Waals surface area contributed by atoms with E-state index in [2.05, 4.69) is 10.1 Å². The largest absolute Gasteiger partial charge is 0.573 e. The van der Waals surface area contributed by atoms with Crippen LogP contribution in [0.25, 0.3) is 0 Å². The minimum Gasteiger partial charge on any atom is -0.405 e. The Morgan fingerprint density at radius 1 is 1.30 bits per heavy atom. The Balaban J connectivity index is 0.00000264. The minimum absolute atomic E-state index is 0. The van der Waals surface area contributed by atoms with Crippen LogP contribution in [0.5, 0.6) is 5.75 Å². The Morgan fingerprint density at radius 2 is 1.91 bits per heavy atom. The standard InChI is InChI=1S/C14H17F3N2O3.ClH/c15-14(16,17)22-11-4-2-1-3-10(11)9-19-12(20)13(18)5-7-21-8-6-13;/h1-4H,5-9,18H2,(H,19,20);1H. The molecule has 1 aliphatic rings. The monoisotopic (exact) mass is 354 g/mol. The number of alkyl halides is 3. The van der Waals surface area contributed by atoms with Gasteiger partial charge in [-0.25, -0.2) is 0 Å². The third kappa shape index (κ3) is 5.56. The van der Waals surface area contributed by atoms with Crippen LogP contribution in [0.2, 0.25) is 0 Å². The highest BCUT2D eigenvalue weighted by atomic mass is 35.5. The number of halogens is 4. The van der Waals surface area contributed by atoms with E-state index in [1.165, 1.54) is 18.2 Å². The first-order valence-electron chi connectivity index (χ1n) is 6.79. The zero-order valence-electron chi connectivity index (χ0n) is 12.2. The second-order valence-electron chi connectivity index (χ2n) is 5.11. The molecule has 3 N–H and O–H groups in total. The lowest BCUT2D eigenvalue weighted by atomic mass is 9.90. The summed E-state index contributed by atoms with van der Waals surface area (Å²) < 4.78 is 46.1. The van der Waals surface area contributed by atoms with E-state index in [0.717, 1.165) is 0 Å². The molecular formula is C14H18ClF3N2O3. The van der Waals surface area contributed by atoms with Gasteiger partial charge in [0.15, 0.2) is 0 Å². The van der Waals surface area contributed by atoms with E-state index in [0.29, 0.717) is 26.1 Å². The van der Waals surface area contributed by atoms with Crippen LogP contribution in [0.1, 0.15) is 18.4 Å². The lowest BCUT2D eigenvalue weighted by molar-refractivity contribution is -0.274. The van der Waals surface area contributed by atoms with Crippen LogP contribution in [-0.4, -0.2) is 31.0 Å². The highest BCUT2D eigenvalue weighted by Crippen LogP contribution is 2.26. The van der Waals surface area contributed by atoms with Crippen LogP contribution in [0.4, 0.5) is 13.2 Å². The van der Waals surface area contributed by atoms with Gasteiger partial charge in [-0.1, -0.05) is 18.2 Å². The van der Waals surface area contributed by atoms with Gasteiger partial charge in [-0.2, -0.15) is 0 Å². The summed E-state index contributed by atoms with van der Waals surface area (Å²) >= 11 is 0. The fraction of sp³-hybridized carbons (Fsp3) is 0.500. The Morgan fingerprint density at radius 3 is 2.52 bits per heavy atom. The van der Waals surface area contributed by atoms with Gasteiger partial charge in [0, 0.05) is 25.3 Å². The van der Waals surface area contributed by atoms with Gasteiger partial charge in [-0.05, 0) is 18.9 Å². The Kier molecular flexibility index (Phi) is 6.67. The number of hydrogen-bond acceptors (Lipinski definition) is 4. The first kappa shape index (κ1) is 19.5. The first-order valence-corrected chi connectivity index (χ1v) is 6.79. The van der Waals surface area contributed by atoms with Crippen molar-refractivity contribution in [1.29, 1.82) is 0 Å². The Labute approximate surface area is 137 Å². The van der Waals surface area contributed by atoms with E-state index >= 15 is 0 Å². The number of para-hydroxylation sites is 1. The SMILES string of the molecule is Cl.NC1(C(=O)NCc2ccccc2OC(F)(F)F)CCOCC1. The van der Waals surface area contributed by atoms with Crippen molar-refractivity contribution in [3.05, 3.63) is 29.8 Å². The number of carbonyl (C=O) groups excluding carboxylic acids is 1. The average molecular weight is 355 g/mol. The highest BCUT2D eigenvalue weighted by Gasteiger charge is 2.36. The average Bonchev–Trinajstić information content (AvgIpc) is 2.45. The molecule has 130 valence electrons.